The molecular weight excluding hydrogens is 526 g/mol. The van der Waals surface area contributed by atoms with E-state index in [-0.39, 0.29) is 41.6 Å². The van der Waals surface area contributed by atoms with Crippen molar-refractivity contribution in [3.8, 4) is 0 Å². The number of hydrogen-bond donors (Lipinski definition) is 4. The molecule has 204 valence electrons. The molecular formula is C25H28BClF3N3O5. The molecule has 0 radical (unpaired) electrons. The second-order valence-corrected chi connectivity index (χ2v) is 9.99. The van der Waals surface area contributed by atoms with Crippen molar-refractivity contribution in [2.75, 3.05) is 6.54 Å². The molecule has 0 aromatic heterocycles. The van der Waals surface area contributed by atoms with Crippen molar-refractivity contribution >= 4 is 36.2 Å². The summed E-state index contributed by atoms with van der Waals surface area (Å²) in [6.45, 7) is 3.52. The van der Waals surface area contributed by atoms with Gasteiger partial charge in [0.2, 0.25) is 5.60 Å². The fraction of sp³-hybridized carbons (Fsp3) is 0.400. The summed E-state index contributed by atoms with van der Waals surface area (Å²) >= 11 is 5.95. The molecule has 2 aromatic carbocycles. The molecule has 0 saturated carbocycles. The smallest absolute Gasteiger partial charge is 0.426 e. The third-order valence-electron chi connectivity index (χ3n) is 5.98. The Morgan fingerprint density at radius 3 is 2.47 bits per heavy atom. The van der Waals surface area contributed by atoms with Gasteiger partial charge in [-0.2, -0.15) is 13.2 Å². The zero-order valence-electron chi connectivity index (χ0n) is 20.8. The minimum Gasteiger partial charge on any atom is -0.426 e. The van der Waals surface area contributed by atoms with Gasteiger partial charge in [-0.1, -0.05) is 60.9 Å². The van der Waals surface area contributed by atoms with E-state index in [1.54, 1.807) is 24.3 Å². The standard InChI is InChI=1S/C25H28BClF3N3O5/c1-15(2)10-21(26(36)37)32-23(35)24(12-16-6-4-3-5-7-16)13-18(33-38-24)14-31-22(34)19-11-17(25(28,29)30)8-9-20(19)27/h3-9,11,15,21,36-37H,10,12-14H2,1-2H3,(H,31,34)(H,32,35). The zero-order valence-corrected chi connectivity index (χ0v) is 21.5. The quantitative estimate of drug-likeness (QED) is 0.336. The summed E-state index contributed by atoms with van der Waals surface area (Å²) in [6.07, 6.45) is -4.31. The summed E-state index contributed by atoms with van der Waals surface area (Å²) in [7, 11) is -1.80. The molecule has 0 spiro atoms. The maximum Gasteiger partial charge on any atom is 0.475 e. The number of carbonyl (C=O) groups is 2. The predicted molar refractivity (Wildman–Crippen MR) is 136 cm³/mol. The minimum absolute atomic E-state index is 0.0553. The number of benzene rings is 2. The van der Waals surface area contributed by atoms with Crippen molar-refractivity contribution in [2.24, 2.45) is 11.1 Å². The summed E-state index contributed by atoms with van der Waals surface area (Å²) in [5, 5.41) is 28.5. The van der Waals surface area contributed by atoms with Gasteiger partial charge in [-0.05, 0) is 36.1 Å². The Labute approximate surface area is 223 Å². The average Bonchev–Trinajstić information content (AvgIpc) is 3.26. The van der Waals surface area contributed by atoms with Crippen LogP contribution in [0.4, 0.5) is 13.2 Å². The molecule has 8 nitrogen and oxygen atoms in total. The molecule has 1 aliphatic heterocycles. The van der Waals surface area contributed by atoms with Gasteiger partial charge in [0.15, 0.2) is 0 Å². The van der Waals surface area contributed by atoms with Crippen molar-refractivity contribution in [1.29, 1.82) is 0 Å². The Morgan fingerprint density at radius 1 is 1.18 bits per heavy atom. The van der Waals surface area contributed by atoms with E-state index in [2.05, 4.69) is 15.8 Å². The van der Waals surface area contributed by atoms with E-state index in [4.69, 9.17) is 16.4 Å². The van der Waals surface area contributed by atoms with Gasteiger partial charge >= 0.3 is 13.3 Å². The second-order valence-electron chi connectivity index (χ2n) is 9.58. The molecule has 0 fully saturated rings. The van der Waals surface area contributed by atoms with E-state index < -0.39 is 42.2 Å². The van der Waals surface area contributed by atoms with Gasteiger partial charge < -0.3 is 25.5 Å². The monoisotopic (exact) mass is 553 g/mol. The van der Waals surface area contributed by atoms with E-state index in [0.29, 0.717) is 12.5 Å². The van der Waals surface area contributed by atoms with Gasteiger partial charge in [0.1, 0.15) is 0 Å². The van der Waals surface area contributed by atoms with Crippen molar-refractivity contribution in [1.82, 2.24) is 10.6 Å². The van der Waals surface area contributed by atoms with Crippen molar-refractivity contribution in [2.45, 2.75) is 50.8 Å². The number of amides is 2. The number of nitrogens with zero attached hydrogens (tertiary/aromatic N) is 1. The Kier molecular flexibility index (Phi) is 9.45. The molecule has 0 bridgehead atoms. The molecule has 0 saturated heterocycles. The Hall–Kier alpha value is -3.09. The van der Waals surface area contributed by atoms with Crippen LogP contribution in [-0.2, 0) is 22.2 Å². The largest absolute Gasteiger partial charge is 0.475 e. The maximum atomic E-state index is 13.4. The van der Waals surface area contributed by atoms with Crippen LogP contribution in [0.3, 0.4) is 0 Å². The van der Waals surface area contributed by atoms with Crippen LogP contribution in [0.15, 0.2) is 53.7 Å². The van der Waals surface area contributed by atoms with Gasteiger partial charge in [0.05, 0.1) is 34.3 Å². The Bertz CT molecular complexity index is 1180. The number of alkyl halides is 3. The Morgan fingerprint density at radius 2 is 1.87 bits per heavy atom. The van der Waals surface area contributed by atoms with Crippen molar-refractivity contribution < 1.29 is 37.6 Å². The van der Waals surface area contributed by atoms with Crippen LogP contribution in [0.5, 0.6) is 0 Å². The van der Waals surface area contributed by atoms with Crippen LogP contribution in [-0.4, -0.2) is 52.8 Å². The topological polar surface area (TPSA) is 120 Å². The molecule has 2 aromatic rings. The molecule has 3 rings (SSSR count). The molecule has 1 heterocycles. The fourth-order valence-electron chi connectivity index (χ4n) is 4.08. The zero-order chi connectivity index (χ0) is 28.1. The van der Waals surface area contributed by atoms with E-state index in [1.165, 1.54) is 0 Å². The highest BCUT2D eigenvalue weighted by molar-refractivity contribution is 6.43. The second kappa shape index (κ2) is 12.2. The first kappa shape index (κ1) is 29.5. The average molecular weight is 554 g/mol. The highest BCUT2D eigenvalue weighted by Gasteiger charge is 2.48. The normalized spacial score (nSPS) is 18.0. The van der Waals surface area contributed by atoms with E-state index in [1.807, 2.05) is 19.9 Å². The lowest BCUT2D eigenvalue weighted by atomic mass is 9.74. The summed E-state index contributed by atoms with van der Waals surface area (Å²) in [5.74, 6) is -2.37. The van der Waals surface area contributed by atoms with Crippen LogP contribution in [0.2, 0.25) is 5.02 Å². The number of carbonyl (C=O) groups excluding carboxylic acids is 2. The molecule has 13 heteroatoms. The van der Waals surface area contributed by atoms with Gasteiger partial charge in [-0.25, -0.2) is 0 Å². The highest BCUT2D eigenvalue weighted by Crippen LogP contribution is 2.32. The highest BCUT2D eigenvalue weighted by atomic mass is 35.5. The lowest BCUT2D eigenvalue weighted by molar-refractivity contribution is -0.144. The lowest BCUT2D eigenvalue weighted by Gasteiger charge is -2.29. The number of oxime groups is 1. The van der Waals surface area contributed by atoms with Gasteiger partial charge in [-0.15, -0.1) is 0 Å². The summed E-state index contributed by atoms with van der Waals surface area (Å²) < 4.78 is 39.2. The minimum atomic E-state index is -4.65. The molecule has 1 aliphatic rings. The van der Waals surface area contributed by atoms with Gasteiger partial charge in [0.25, 0.3) is 11.8 Å². The molecule has 4 N–H and O–H groups in total. The van der Waals surface area contributed by atoms with Crippen molar-refractivity contribution in [3.05, 3.63) is 70.2 Å². The Balaban J connectivity index is 1.75. The number of halogens is 4. The van der Waals surface area contributed by atoms with Gasteiger partial charge in [0, 0.05) is 12.8 Å². The van der Waals surface area contributed by atoms with Crippen LogP contribution in [0, 0.1) is 5.92 Å². The molecule has 2 unspecified atom stereocenters. The van der Waals surface area contributed by atoms with Crippen molar-refractivity contribution in [3.63, 3.8) is 0 Å². The first-order valence-corrected chi connectivity index (χ1v) is 12.3. The van der Waals surface area contributed by atoms with Crippen LogP contribution < -0.4 is 10.6 Å². The maximum absolute atomic E-state index is 13.4. The lowest BCUT2D eigenvalue weighted by Crippen LogP contribution is -2.56. The van der Waals surface area contributed by atoms with Crippen LogP contribution >= 0.6 is 11.6 Å². The third-order valence-corrected chi connectivity index (χ3v) is 6.31. The number of rotatable bonds is 10. The molecule has 2 amide bonds. The molecule has 2 atom stereocenters. The third kappa shape index (κ3) is 7.49. The fourth-order valence-corrected chi connectivity index (χ4v) is 4.28. The van der Waals surface area contributed by atoms with E-state index in [0.717, 1.165) is 17.7 Å². The van der Waals surface area contributed by atoms with Crippen LogP contribution in [0.1, 0.15) is 48.2 Å². The van der Waals surface area contributed by atoms with E-state index in [9.17, 15) is 32.8 Å². The van der Waals surface area contributed by atoms with Crippen LogP contribution in [0.25, 0.3) is 0 Å². The molecule has 0 aliphatic carbocycles. The first-order chi connectivity index (χ1) is 17.8. The summed E-state index contributed by atoms with van der Waals surface area (Å²) in [6, 6.07) is 11.4. The SMILES string of the molecule is CC(C)CC(NC(=O)C1(Cc2ccccc2)CC(CNC(=O)c2cc(C(F)(F)F)ccc2Cl)=NO1)B(O)O. The van der Waals surface area contributed by atoms with Gasteiger partial charge in [-0.3, -0.25) is 9.59 Å². The number of hydrogen-bond acceptors (Lipinski definition) is 6. The summed E-state index contributed by atoms with van der Waals surface area (Å²) in [5.41, 5.74) is -1.91. The predicted octanol–water partition coefficient (Wildman–Crippen LogP) is 3.39. The molecule has 38 heavy (non-hydrogen) atoms. The number of nitrogens with one attached hydrogen (secondary N) is 2. The summed E-state index contributed by atoms with van der Waals surface area (Å²) in [4.78, 5) is 31.6. The van der Waals surface area contributed by atoms with E-state index >= 15 is 0 Å². The first-order valence-electron chi connectivity index (χ1n) is 11.9.